The Morgan fingerprint density at radius 3 is 2.87 bits per heavy atom. The van der Waals surface area contributed by atoms with Gasteiger partial charge in [0, 0.05) is 30.4 Å². The first-order valence-electron chi connectivity index (χ1n) is 10.6. The van der Waals surface area contributed by atoms with Gasteiger partial charge < -0.3 is 15.0 Å². The number of rotatable bonds is 8. The second kappa shape index (κ2) is 8.42. The fourth-order valence-corrected chi connectivity index (χ4v) is 3.78. The molecule has 0 bridgehead atoms. The zero-order chi connectivity index (χ0) is 21.3. The summed E-state index contributed by atoms with van der Waals surface area (Å²) in [7, 11) is 0. The molecule has 1 fully saturated rings. The lowest BCUT2D eigenvalue weighted by molar-refractivity contribution is -0.120. The third kappa shape index (κ3) is 4.15. The number of aryl methyl sites for hydroxylation is 1. The van der Waals surface area contributed by atoms with E-state index in [1.54, 1.807) is 23.4 Å². The van der Waals surface area contributed by atoms with Gasteiger partial charge in [0.2, 0.25) is 5.91 Å². The lowest BCUT2D eigenvalue weighted by Gasteiger charge is -2.24. The molecule has 0 radical (unpaired) electrons. The van der Waals surface area contributed by atoms with Crippen LogP contribution in [0, 0.1) is 12.8 Å². The predicted octanol–water partition coefficient (Wildman–Crippen LogP) is 2.97. The summed E-state index contributed by atoms with van der Waals surface area (Å²) in [5.41, 5.74) is 3.97. The second-order valence-corrected chi connectivity index (χ2v) is 8.15. The van der Waals surface area contributed by atoms with Crippen LogP contribution in [0.1, 0.15) is 65.6 Å². The molecular formula is C23H28N4O3. The Balaban J connectivity index is 1.50. The quantitative estimate of drug-likeness (QED) is 0.726. The maximum absolute atomic E-state index is 13.1. The molecule has 0 aromatic carbocycles. The topological polar surface area (TPSA) is 84.4 Å². The van der Waals surface area contributed by atoms with Crippen LogP contribution in [0.5, 0.6) is 5.75 Å². The van der Waals surface area contributed by atoms with Crippen LogP contribution in [0.2, 0.25) is 0 Å². The molecular weight excluding hydrogens is 380 g/mol. The van der Waals surface area contributed by atoms with Crippen LogP contribution in [0.3, 0.4) is 0 Å². The Hall–Kier alpha value is -2.96. The van der Waals surface area contributed by atoms with Crippen molar-refractivity contribution in [3.8, 4) is 5.75 Å². The van der Waals surface area contributed by atoms with Gasteiger partial charge in [-0.1, -0.05) is 0 Å². The molecule has 2 amide bonds. The predicted molar refractivity (Wildman–Crippen MR) is 112 cm³/mol. The number of carbonyl (C=O) groups excluding carboxylic acids is 2. The van der Waals surface area contributed by atoms with Crippen molar-refractivity contribution in [2.45, 2.75) is 52.6 Å². The van der Waals surface area contributed by atoms with Crippen molar-refractivity contribution >= 4 is 11.8 Å². The van der Waals surface area contributed by atoms with Crippen LogP contribution in [-0.4, -0.2) is 39.8 Å². The highest BCUT2D eigenvalue weighted by molar-refractivity contribution is 5.99. The number of nitrogens with zero attached hydrogens (tertiary/aromatic N) is 3. The summed E-state index contributed by atoms with van der Waals surface area (Å²) in [6.45, 7) is 7.62. The molecule has 2 aromatic rings. The van der Waals surface area contributed by atoms with Gasteiger partial charge in [-0.25, -0.2) is 0 Å². The van der Waals surface area contributed by atoms with Crippen molar-refractivity contribution in [3.63, 3.8) is 0 Å². The molecule has 1 unspecified atom stereocenters. The number of carbonyl (C=O) groups is 2. The number of pyridine rings is 2. The Morgan fingerprint density at radius 2 is 2.17 bits per heavy atom. The van der Waals surface area contributed by atoms with E-state index in [1.165, 1.54) is 12.8 Å². The molecule has 0 saturated heterocycles. The Kier molecular flexibility index (Phi) is 5.70. The van der Waals surface area contributed by atoms with Crippen LogP contribution in [0.15, 0.2) is 24.5 Å². The molecule has 158 valence electrons. The fourth-order valence-electron chi connectivity index (χ4n) is 3.78. The Labute approximate surface area is 176 Å². The fraction of sp³-hybridized carbons (Fsp3) is 0.478. The van der Waals surface area contributed by atoms with E-state index in [4.69, 9.17) is 4.74 Å². The highest BCUT2D eigenvalue weighted by Crippen LogP contribution is 2.34. The minimum absolute atomic E-state index is 0.0504. The van der Waals surface area contributed by atoms with Crippen LogP contribution in [0.25, 0.3) is 0 Å². The lowest BCUT2D eigenvalue weighted by Crippen LogP contribution is -2.28. The normalized spacial score (nSPS) is 16.4. The van der Waals surface area contributed by atoms with Gasteiger partial charge in [0.1, 0.15) is 5.75 Å². The highest BCUT2D eigenvalue weighted by Gasteiger charge is 2.34. The van der Waals surface area contributed by atoms with Crippen molar-refractivity contribution in [2.75, 3.05) is 13.2 Å². The number of ether oxygens (including phenoxy) is 1. The molecule has 1 saturated carbocycles. The average molecular weight is 409 g/mol. The van der Waals surface area contributed by atoms with Gasteiger partial charge in [-0.2, -0.15) is 0 Å². The van der Waals surface area contributed by atoms with Crippen LogP contribution in [-0.2, 0) is 17.8 Å². The van der Waals surface area contributed by atoms with Gasteiger partial charge >= 0.3 is 0 Å². The average Bonchev–Trinajstić information content (AvgIpc) is 3.49. The molecule has 7 nitrogen and oxygen atoms in total. The van der Waals surface area contributed by atoms with Gasteiger partial charge in [0.25, 0.3) is 5.91 Å². The van der Waals surface area contributed by atoms with E-state index in [0.717, 1.165) is 29.2 Å². The standard InChI is InChI=1S/C23H28N4O3/c1-4-24-22(28)10-20-18-12-27(23(29)17(18)7-8-25-20)15(3)19-9-14(2)21(11-26-19)30-13-16-5-6-16/h7-9,11,15-16H,4-6,10,12-13H2,1-3H3,(H,24,28). The Morgan fingerprint density at radius 1 is 1.37 bits per heavy atom. The summed E-state index contributed by atoms with van der Waals surface area (Å²) in [5.74, 6) is 1.36. The summed E-state index contributed by atoms with van der Waals surface area (Å²) >= 11 is 0. The number of likely N-dealkylation sites (N-methyl/N-ethyl adjacent to an activating group) is 1. The van der Waals surface area contributed by atoms with E-state index in [1.807, 2.05) is 26.8 Å². The number of hydrogen-bond acceptors (Lipinski definition) is 5. The molecule has 1 aliphatic heterocycles. The summed E-state index contributed by atoms with van der Waals surface area (Å²) < 4.78 is 5.88. The molecule has 2 aromatic heterocycles. The largest absolute Gasteiger partial charge is 0.491 e. The van der Waals surface area contributed by atoms with Gasteiger partial charge in [0.05, 0.1) is 36.7 Å². The van der Waals surface area contributed by atoms with Gasteiger partial charge in [-0.3, -0.25) is 19.6 Å². The molecule has 3 heterocycles. The molecule has 2 aliphatic rings. The molecule has 4 rings (SSSR count). The molecule has 0 spiro atoms. The maximum Gasteiger partial charge on any atom is 0.255 e. The van der Waals surface area contributed by atoms with Gasteiger partial charge in [-0.05, 0) is 57.2 Å². The zero-order valence-electron chi connectivity index (χ0n) is 17.8. The second-order valence-electron chi connectivity index (χ2n) is 8.15. The monoisotopic (exact) mass is 408 g/mol. The minimum atomic E-state index is -0.196. The summed E-state index contributed by atoms with van der Waals surface area (Å²) in [6.07, 6.45) is 6.04. The lowest BCUT2D eigenvalue weighted by atomic mass is 10.1. The Bertz CT molecular complexity index is 971. The van der Waals surface area contributed by atoms with Crippen molar-refractivity contribution in [1.29, 1.82) is 0 Å². The van der Waals surface area contributed by atoms with E-state index >= 15 is 0 Å². The molecule has 1 N–H and O–H groups in total. The SMILES string of the molecule is CCNC(=O)Cc1nccc2c1CN(C(C)c1cc(C)c(OCC3CC3)cn1)C2=O. The number of hydrogen-bond donors (Lipinski definition) is 1. The van der Waals surface area contributed by atoms with Crippen molar-refractivity contribution in [2.24, 2.45) is 5.92 Å². The first kappa shape index (κ1) is 20.3. The maximum atomic E-state index is 13.1. The number of amides is 2. The first-order valence-corrected chi connectivity index (χ1v) is 10.6. The van der Waals surface area contributed by atoms with Crippen molar-refractivity contribution in [1.82, 2.24) is 20.2 Å². The molecule has 1 aliphatic carbocycles. The van der Waals surface area contributed by atoms with E-state index < -0.39 is 0 Å². The van der Waals surface area contributed by atoms with Crippen molar-refractivity contribution < 1.29 is 14.3 Å². The van der Waals surface area contributed by atoms with Crippen LogP contribution in [0.4, 0.5) is 0 Å². The van der Waals surface area contributed by atoms with Crippen LogP contribution < -0.4 is 10.1 Å². The smallest absolute Gasteiger partial charge is 0.255 e. The van der Waals surface area contributed by atoms with Gasteiger partial charge in [0.15, 0.2) is 0 Å². The summed E-state index contributed by atoms with van der Waals surface area (Å²) in [6, 6.07) is 3.54. The number of nitrogens with one attached hydrogen (secondary N) is 1. The van der Waals surface area contributed by atoms with E-state index in [9.17, 15) is 9.59 Å². The first-order chi connectivity index (χ1) is 14.5. The molecule has 30 heavy (non-hydrogen) atoms. The molecule has 1 atom stereocenters. The highest BCUT2D eigenvalue weighted by atomic mass is 16.5. The minimum Gasteiger partial charge on any atom is -0.491 e. The summed E-state index contributed by atoms with van der Waals surface area (Å²) in [5, 5.41) is 2.79. The van der Waals surface area contributed by atoms with Crippen molar-refractivity contribution in [3.05, 3.63) is 52.6 Å². The third-order valence-corrected chi connectivity index (χ3v) is 5.82. The number of fused-ring (bicyclic) bond motifs is 1. The summed E-state index contributed by atoms with van der Waals surface area (Å²) in [4.78, 5) is 35.8. The zero-order valence-corrected chi connectivity index (χ0v) is 17.8. The third-order valence-electron chi connectivity index (χ3n) is 5.82. The van der Waals surface area contributed by atoms with E-state index in [2.05, 4.69) is 15.3 Å². The number of aromatic nitrogens is 2. The van der Waals surface area contributed by atoms with Crippen LogP contribution >= 0.6 is 0 Å². The van der Waals surface area contributed by atoms with E-state index in [0.29, 0.717) is 30.3 Å². The van der Waals surface area contributed by atoms with Gasteiger partial charge in [-0.15, -0.1) is 0 Å². The molecule has 7 heteroatoms. The van der Waals surface area contributed by atoms with E-state index in [-0.39, 0.29) is 24.3 Å².